The minimum absolute atomic E-state index is 0.0896. The van der Waals surface area contributed by atoms with Gasteiger partial charge in [-0.25, -0.2) is 0 Å². The van der Waals surface area contributed by atoms with E-state index in [1.54, 1.807) is 36.4 Å². The maximum absolute atomic E-state index is 12.3. The Morgan fingerprint density at radius 1 is 1.19 bits per heavy atom. The number of benzene rings is 2. The Morgan fingerprint density at radius 3 is 2.38 bits per heavy atom. The van der Waals surface area contributed by atoms with Crippen LogP contribution in [0.1, 0.15) is 30.1 Å². The third-order valence-corrected chi connectivity index (χ3v) is 4.80. The van der Waals surface area contributed by atoms with Crippen molar-refractivity contribution in [2.45, 2.75) is 19.8 Å². The lowest BCUT2D eigenvalue weighted by molar-refractivity contribution is 0.0977. The van der Waals surface area contributed by atoms with Gasteiger partial charge in [-0.2, -0.15) is 0 Å². The number of thiocarbonyl (C=S) groups is 1. The summed E-state index contributed by atoms with van der Waals surface area (Å²) in [5.41, 5.74) is 1.09. The number of phenols is 1. The van der Waals surface area contributed by atoms with E-state index in [4.69, 9.17) is 17.0 Å². The summed E-state index contributed by atoms with van der Waals surface area (Å²) in [5.74, 6) is 0.501. The monoisotopic (exact) mass is 500 g/mol. The molecule has 0 unspecified atom stereocenters. The van der Waals surface area contributed by atoms with Gasteiger partial charge in [0.05, 0.1) is 15.6 Å². The van der Waals surface area contributed by atoms with Crippen molar-refractivity contribution in [3.05, 3.63) is 50.9 Å². The van der Waals surface area contributed by atoms with Crippen molar-refractivity contribution in [2.24, 2.45) is 0 Å². The fraction of sp³-hybridized carbons (Fsp3) is 0.222. The highest BCUT2D eigenvalue weighted by Gasteiger charge is 2.10. The molecule has 5 nitrogen and oxygen atoms in total. The summed E-state index contributed by atoms with van der Waals surface area (Å²) >= 11 is 11.6. The standard InChI is InChI=1S/C18H18Br2N2O3S/c1-2-3-8-25-13-6-4-11(5-7-13)17(24)22-18(26)21-12-9-14(19)16(23)15(20)10-12/h4-7,9-10,23H,2-3,8H2,1H3,(H2,21,22,24,26). The van der Waals surface area contributed by atoms with E-state index in [1.807, 2.05) is 0 Å². The molecule has 0 radical (unpaired) electrons. The second-order valence-electron chi connectivity index (χ2n) is 5.42. The molecule has 0 spiro atoms. The zero-order valence-corrected chi connectivity index (χ0v) is 18.0. The molecule has 0 aliphatic carbocycles. The van der Waals surface area contributed by atoms with Gasteiger partial charge in [0, 0.05) is 11.3 Å². The fourth-order valence-corrected chi connectivity index (χ4v) is 3.41. The van der Waals surface area contributed by atoms with Gasteiger partial charge in [0.15, 0.2) is 5.11 Å². The molecule has 0 bridgehead atoms. The quantitative estimate of drug-likeness (QED) is 0.287. The molecule has 0 atom stereocenters. The van der Waals surface area contributed by atoms with Gasteiger partial charge in [0.25, 0.3) is 5.91 Å². The zero-order valence-electron chi connectivity index (χ0n) is 14.0. The molecule has 1 amide bonds. The number of anilines is 1. The highest BCUT2D eigenvalue weighted by molar-refractivity contribution is 9.11. The van der Waals surface area contributed by atoms with Crippen molar-refractivity contribution in [3.8, 4) is 11.5 Å². The van der Waals surface area contributed by atoms with Crippen molar-refractivity contribution >= 4 is 60.8 Å². The molecular formula is C18H18Br2N2O3S. The number of rotatable bonds is 6. The van der Waals surface area contributed by atoms with Gasteiger partial charge < -0.3 is 15.2 Å². The molecule has 0 saturated heterocycles. The Balaban J connectivity index is 1.93. The highest BCUT2D eigenvalue weighted by Crippen LogP contribution is 2.35. The minimum Gasteiger partial charge on any atom is -0.506 e. The Labute approximate surface area is 174 Å². The summed E-state index contributed by atoms with van der Waals surface area (Å²) in [6.45, 7) is 2.76. The summed E-state index contributed by atoms with van der Waals surface area (Å²) < 4.78 is 6.58. The number of nitrogens with one attached hydrogen (secondary N) is 2. The van der Waals surface area contributed by atoms with Crippen molar-refractivity contribution in [1.29, 1.82) is 0 Å². The average Bonchev–Trinajstić information content (AvgIpc) is 2.60. The van der Waals surface area contributed by atoms with Crippen molar-refractivity contribution < 1.29 is 14.6 Å². The molecule has 8 heteroatoms. The molecule has 0 aliphatic rings. The van der Waals surface area contributed by atoms with E-state index in [1.165, 1.54) is 0 Å². The Morgan fingerprint density at radius 2 is 1.81 bits per heavy atom. The average molecular weight is 502 g/mol. The molecule has 0 saturated carbocycles. The van der Waals surface area contributed by atoms with Crippen LogP contribution < -0.4 is 15.4 Å². The first kappa shape index (κ1) is 20.7. The number of ether oxygens (including phenoxy) is 1. The van der Waals surface area contributed by atoms with E-state index < -0.39 is 0 Å². The normalized spacial score (nSPS) is 10.3. The number of halogens is 2. The molecule has 0 heterocycles. The lowest BCUT2D eigenvalue weighted by Crippen LogP contribution is -2.34. The lowest BCUT2D eigenvalue weighted by atomic mass is 10.2. The van der Waals surface area contributed by atoms with Gasteiger partial charge >= 0.3 is 0 Å². The molecule has 3 N–H and O–H groups in total. The number of hydrogen-bond acceptors (Lipinski definition) is 4. The van der Waals surface area contributed by atoms with Crippen LogP contribution in [0.4, 0.5) is 5.69 Å². The van der Waals surface area contributed by atoms with Crippen LogP contribution >= 0.6 is 44.1 Å². The van der Waals surface area contributed by atoms with Crippen LogP contribution in [0.5, 0.6) is 11.5 Å². The number of unbranched alkanes of at least 4 members (excludes halogenated alkanes) is 1. The number of carbonyl (C=O) groups excluding carboxylic acids is 1. The third kappa shape index (κ3) is 5.96. The summed E-state index contributed by atoms with van der Waals surface area (Å²) in [6, 6.07) is 10.2. The van der Waals surface area contributed by atoms with Crippen LogP contribution in [0.3, 0.4) is 0 Å². The molecule has 26 heavy (non-hydrogen) atoms. The summed E-state index contributed by atoms with van der Waals surface area (Å²) in [5, 5.41) is 15.4. The predicted molar refractivity (Wildman–Crippen MR) is 114 cm³/mol. The van der Waals surface area contributed by atoms with Crippen LogP contribution in [0, 0.1) is 0 Å². The molecule has 138 valence electrons. The molecule has 2 aromatic carbocycles. The van der Waals surface area contributed by atoms with Crippen LogP contribution in [0.2, 0.25) is 0 Å². The molecule has 0 fully saturated rings. The van der Waals surface area contributed by atoms with Gasteiger partial charge in [-0.1, -0.05) is 13.3 Å². The Hall–Kier alpha value is -1.64. The van der Waals surface area contributed by atoms with E-state index in [0.29, 0.717) is 26.8 Å². The van der Waals surface area contributed by atoms with Gasteiger partial charge in [-0.05, 0) is 86.9 Å². The first-order chi connectivity index (χ1) is 12.4. The second-order valence-corrected chi connectivity index (χ2v) is 7.54. The zero-order chi connectivity index (χ0) is 19.1. The number of hydrogen-bond donors (Lipinski definition) is 3. The Kier molecular flexibility index (Phi) is 7.86. The minimum atomic E-state index is -0.320. The number of phenolic OH excluding ortho intramolecular Hbond substituents is 1. The summed E-state index contributed by atoms with van der Waals surface area (Å²) in [4.78, 5) is 12.3. The van der Waals surface area contributed by atoms with Crippen molar-refractivity contribution in [2.75, 3.05) is 11.9 Å². The van der Waals surface area contributed by atoms with E-state index in [0.717, 1.165) is 18.6 Å². The fourth-order valence-electron chi connectivity index (χ4n) is 2.01. The molecule has 2 aromatic rings. The largest absolute Gasteiger partial charge is 0.506 e. The van der Waals surface area contributed by atoms with Crippen molar-refractivity contribution in [3.63, 3.8) is 0 Å². The summed E-state index contributed by atoms with van der Waals surface area (Å²) in [7, 11) is 0. The van der Waals surface area contributed by atoms with E-state index in [2.05, 4.69) is 49.4 Å². The number of aromatic hydroxyl groups is 1. The maximum Gasteiger partial charge on any atom is 0.257 e. The van der Waals surface area contributed by atoms with E-state index >= 15 is 0 Å². The molecule has 0 aliphatic heterocycles. The lowest BCUT2D eigenvalue weighted by Gasteiger charge is -2.11. The van der Waals surface area contributed by atoms with Gasteiger partial charge in [-0.3, -0.25) is 10.1 Å². The SMILES string of the molecule is CCCCOc1ccc(C(=O)NC(=S)Nc2cc(Br)c(O)c(Br)c2)cc1. The van der Waals surface area contributed by atoms with E-state index in [9.17, 15) is 9.90 Å². The topological polar surface area (TPSA) is 70.6 Å². The van der Waals surface area contributed by atoms with E-state index in [-0.39, 0.29) is 16.8 Å². The van der Waals surface area contributed by atoms with Gasteiger partial charge in [0.2, 0.25) is 0 Å². The van der Waals surface area contributed by atoms with Gasteiger partial charge in [-0.15, -0.1) is 0 Å². The predicted octanol–water partition coefficient (Wildman–Crippen LogP) is 5.22. The van der Waals surface area contributed by atoms with Crippen LogP contribution in [-0.2, 0) is 0 Å². The number of carbonyl (C=O) groups is 1. The summed E-state index contributed by atoms with van der Waals surface area (Å²) in [6.07, 6.45) is 2.06. The third-order valence-electron chi connectivity index (χ3n) is 3.38. The smallest absolute Gasteiger partial charge is 0.257 e. The van der Waals surface area contributed by atoms with Crippen molar-refractivity contribution in [1.82, 2.24) is 5.32 Å². The first-order valence-corrected chi connectivity index (χ1v) is 9.93. The highest BCUT2D eigenvalue weighted by atomic mass is 79.9. The van der Waals surface area contributed by atoms with Crippen LogP contribution in [0.15, 0.2) is 45.3 Å². The molecular weight excluding hydrogens is 484 g/mol. The first-order valence-electron chi connectivity index (χ1n) is 7.94. The molecule has 0 aromatic heterocycles. The van der Waals surface area contributed by atoms with Crippen LogP contribution in [-0.4, -0.2) is 22.7 Å². The maximum atomic E-state index is 12.3. The molecule has 2 rings (SSSR count). The number of amides is 1. The Bertz CT molecular complexity index is 775. The van der Waals surface area contributed by atoms with Crippen LogP contribution in [0.25, 0.3) is 0 Å². The second kappa shape index (κ2) is 9.89. The van der Waals surface area contributed by atoms with Gasteiger partial charge in [0.1, 0.15) is 11.5 Å².